The van der Waals surface area contributed by atoms with Crippen LogP contribution in [0.4, 0.5) is 5.69 Å². The van der Waals surface area contributed by atoms with Crippen LogP contribution in [0.3, 0.4) is 0 Å². The molecule has 0 bridgehead atoms. The molecule has 2 atom stereocenters. The van der Waals surface area contributed by atoms with Crippen molar-refractivity contribution in [3.05, 3.63) is 47.0 Å². The van der Waals surface area contributed by atoms with Crippen LogP contribution in [-0.2, 0) is 4.79 Å². The lowest BCUT2D eigenvalue weighted by Crippen LogP contribution is -2.08. The molecule has 0 saturated carbocycles. The number of primary amides is 1. The minimum atomic E-state index is -0.333. The summed E-state index contributed by atoms with van der Waals surface area (Å²) < 4.78 is 5.96. The van der Waals surface area contributed by atoms with E-state index in [2.05, 4.69) is 31.0 Å². The number of carbonyl (C=O) groups excluding carboxylic acids is 2. The van der Waals surface area contributed by atoms with E-state index >= 15 is 0 Å². The van der Waals surface area contributed by atoms with E-state index in [4.69, 9.17) is 10.5 Å². The lowest BCUT2D eigenvalue weighted by atomic mass is 9.95. The average Bonchev–Trinajstić information content (AvgIpc) is 2.97. The highest BCUT2D eigenvalue weighted by Crippen LogP contribution is 2.54. The smallest absolute Gasteiger partial charge is 0.214 e. The second-order valence-electron chi connectivity index (χ2n) is 5.68. The number of benzene rings is 2. The normalized spacial score (nSPS) is 19.5. The van der Waals surface area contributed by atoms with Gasteiger partial charge in [-0.05, 0) is 18.2 Å². The van der Waals surface area contributed by atoms with Crippen LogP contribution in [0.5, 0.6) is 5.75 Å². The standard InChI is InChI=1S/C15H11NO2S2.C2H5NO/c16-8-3-1-2-6-12(8)14(17)13-7-4-10(19)11(20)5-9(7)18-15(6)13;1-2(3)4/h1-5,13,15,19-20H,16H2;1H3,(H2,3,4). The summed E-state index contributed by atoms with van der Waals surface area (Å²) in [4.78, 5) is 23.4. The molecule has 1 aliphatic heterocycles. The zero-order chi connectivity index (χ0) is 17.6. The maximum Gasteiger partial charge on any atom is 0.214 e. The molecule has 4 N–H and O–H groups in total. The van der Waals surface area contributed by atoms with E-state index in [0.29, 0.717) is 17.0 Å². The van der Waals surface area contributed by atoms with Crippen LogP contribution in [0.1, 0.15) is 40.4 Å². The fraction of sp³-hybridized carbons (Fsp3) is 0.176. The summed E-state index contributed by atoms with van der Waals surface area (Å²) in [7, 11) is 0. The van der Waals surface area contributed by atoms with Crippen molar-refractivity contribution in [1.82, 2.24) is 0 Å². The molecule has 2 aromatic rings. The van der Waals surface area contributed by atoms with Crippen LogP contribution in [0.2, 0.25) is 0 Å². The van der Waals surface area contributed by atoms with Crippen molar-refractivity contribution in [2.24, 2.45) is 5.73 Å². The molecule has 0 spiro atoms. The fourth-order valence-electron chi connectivity index (χ4n) is 3.07. The Morgan fingerprint density at radius 1 is 1.17 bits per heavy atom. The first-order valence-electron chi connectivity index (χ1n) is 7.22. The predicted molar refractivity (Wildman–Crippen MR) is 97.1 cm³/mol. The Balaban J connectivity index is 0.000000383. The third kappa shape index (κ3) is 2.63. The van der Waals surface area contributed by atoms with Crippen molar-refractivity contribution in [2.45, 2.75) is 28.7 Å². The van der Waals surface area contributed by atoms with Gasteiger partial charge in [-0.1, -0.05) is 12.1 Å². The van der Waals surface area contributed by atoms with Crippen molar-refractivity contribution in [3.8, 4) is 5.75 Å². The molecule has 0 saturated heterocycles. The molecule has 24 heavy (non-hydrogen) atoms. The maximum atomic E-state index is 12.7. The van der Waals surface area contributed by atoms with Crippen LogP contribution in [0.15, 0.2) is 40.1 Å². The van der Waals surface area contributed by atoms with Gasteiger partial charge in [0.15, 0.2) is 5.78 Å². The zero-order valence-corrected chi connectivity index (χ0v) is 14.6. The number of nitrogen functional groups attached to an aromatic ring is 1. The number of hydrogen-bond donors (Lipinski definition) is 4. The van der Waals surface area contributed by atoms with E-state index in [-0.39, 0.29) is 23.7 Å². The Kier molecular flexibility index (Phi) is 4.23. The van der Waals surface area contributed by atoms with Crippen LogP contribution in [0, 0.1) is 0 Å². The van der Waals surface area contributed by atoms with Crippen LogP contribution in [-0.4, -0.2) is 11.7 Å². The highest BCUT2D eigenvalue weighted by molar-refractivity contribution is 7.83. The molecular weight excluding hydrogens is 344 g/mol. The first-order chi connectivity index (χ1) is 11.3. The molecule has 2 unspecified atom stereocenters. The molecule has 1 heterocycles. The molecule has 0 fully saturated rings. The van der Waals surface area contributed by atoms with E-state index in [0.717, 1.165) is 20.9 Å². The molecule has 124 valence electrons. The number of ether oxygens (including phenoxy) is 1. The predicted octanol–water partition coefficient (Wildman–Crippen LogP) is 2.75. The van der Waals surface area contributed by atoms with Gasteiger partial charge in [-0.15, -0.1) is 25.3 Å². The number of anilines is 1. The summed E-state index contributed by atoms with van der Waals surface area (Å²) in [6, 6.07) is 9.19. The first-order valence-corrected chi connectivity index (χ1v) is 8.12. The summed E-state index contributed by atoms with van der Waals surface area (Å²) in [5.41, 5.74) is 13.3. The zero-order valence-electron chi connectivity index (χ0n) is 12.8. The van der Waals surface area contributed by atoms with E-state index in [1.807, 2.05) is 24.3 Å². The number of rotatable bonds is 0. The number of carbonyl (C=O) groups is 2. The van der Waals surface area contributed by atoms with E-state index in [1.54, 1.807) is 6.07 Å². The number of Topliss-reactive ketones (excluding diaryl/α,β-unsaturated/α-hetero) is 1. The van der Waals surface area contributed by atoms with E-state index < -0.39 is 0 Å². The summed E-state index contributed by atoms with van der Waals surface area (Å²) in [6.07, 6.45) is -0.279. The fourth-order valence-corrected chi connectivity index (χ4v) is 3.46. The van der Waals surface area contributed by atoms with Crippen molar-refractivity contribution in [2.75, 3.05) is 5.73 Å². The SMILES string of the molecule is CC(N)=O.Nc1cccc2c1C(=O)C1c3cc(S)c(S)cc3OC21. The van der Waals surface area contributed by atoms with Gasteiger partial charge in [0.1, 0.15) is 11.9 Å². The number of nitrogens with two attached hydrogens (primary N) is 2. The minimum absolute atomic E-state index is 0.0292. The second-order valence-corrected chi connectivity index (χ2v) is 6.64. The monoisotopic (exact) mass is 360 g/mol. The lowest BCUT2D eigenvalue weighted by molar-refractivity contribution is -0.115. The van der Waals surface area contributed by atoms with Gasteiger partial charge < -0.3 is 16.2 Å². The Morgan fingerprint density at radius 3 is 2.46 bits per heavy atom. The van der Waals surface area contributed by atoms with E-state index in [9.17, 15) is 9.59 Å². The van der Waals surface area contributed by atoms with Crippen LogP contribution >= 0.6 is 25.3 Å². The van der Waals surface area contributed by atoms with Crippen molar-refractivity contribution in [3.63, 3.8) is 0 Å². The highest BCUT2D eigenvalue weighted by atomic mass is 32.1. The number of thiol groups is 2. The largest absolute Gasteiger partial charge is 0.484 e. The molecule has 4 rings (SSSR count). The van der Waals surface area contributed by atoms with Crippen LogP contribution in [0.25, 0.3) is 0 Å². The first kappa shape index (κ1) is 16.7. The maximum absolute atomic E-state index is 12.7. The molecule has 1 amide bonds. The minimum Gasteiger partial charge on any atom is -0.484 e. The number of fused-ring (bicyclic) bond motifs is 5. The summed E-state index contributed by atoms with van der Waals surface area (Å²) >= 11 is 8.71. The van der Waals surface area contributed by atoms with Gasteiger partial charge in [0.25, 0.3) is 0 Å². The molecule has 0 radical (unpaired) electrons. The van der Waals surface area contributed by atoms with E-state index in [1.165, 1.54) is 6.92 Å². The van der Waals surface area contributed by atoms with Crippen molar-refractivity contribution >= 4 is 42.6 Å². The van der Waals surface area contributed by atoms with Gasteiger partial charge in [-0.2, -0.15) is 0 Å². The van der Waals surface area contributed by atoms with Gasteiger partial charge in [0, 0.05) is 39.1 Å². The topological polar surface area (TPSA) is 95.4 Å². The number of amides is 1. The molecular formula is C17H16N2O3S2. The van der Waals surface area contributed by atoms with Gasteiger partial charge in [-0.25, -0.2) is 0 Å². The van der Waals surface area contributed by atoms with Gasteiger partial charge in [0.05, 0.1) is 5.92 Å². The second kappa shape index (κ2) is 6.07. The Bertz CT molecular complexity index is 863. The third-order valence-electron chi connectivity index (χ3n) is 3.96. The van der Waals surface area contributed by atoms with Crippen molar-refractivity contribution < 1.29 is 14.3 Å². The van der Waals surface area contributed by atoms with Crippen molar-refractivity contribution in [1.29, 1.82) is 0 Å². The van der Waals surface area contributed by atoms with Gasteiger partial charge in [0.2, 0.25) is 5.91 Å². The molecule has 7 heteroatoms. The summed E-state index contributed by atoms with van der Waals surface area (Å²) in [6.45, 7) is 1.31. The Morgan fingerprint density at radius 2 is 1.79 bits per heavy atom. The van der Waals surface area contributed by atoms with Gasteiger partial charge >= 0.3 is 0 Å². The average molecular weight is 360 g/mol. The summed E-state index contributed by atoms with van der Waals surface area (Å²) in [5, 5.41) is 0. The lowest BCUT2D eigenvalue weighted by Gasteiger charge is -2.10. The molecule has 1 aliphatic carbocycles. The van der Waals surface area contributed by atoms with Gasteiger partial charge in [-0.3, -0.25) is 9.59 Å². The Labute approximate surface area is 150 Å². The van der Waals surface area contributed by atoms with Crippen LogP contribution < -0.4 is 16.2 Å². The molecule has 2 aliphatic rings. The Hall–Kier alpha value is -2.12. The molecule has 2 aromatic carbocycles. The highest BCUT2D eigenvalue weighted by Gasteiger charge is 2.48. The quantitative estimate of drug-likeness (QED) is 0.429. The number of ketones is 1. The molecule has 0 aromatic heterocycles. The summed E-state index contributed by atoms with van der Waals surface area (Å²) in [5.74, 6) is 0.0928. The number of hydrogen-bond acceptors (Lipinski definition) is 6. The molecule has 5 nitrogen and oxygen atoms in total. The third-order valence-corrected chi connectivity index (χ3v) is 4.88.